The molecule has 0 saturated carbocycles. The van der Waals surface area contributed by atoms with E-state index < -0.39 is 0 Å². The van der Waals surface area contributed by atoms with Gasteiger partial charge in [0.05, 0.1) is 7.11 Å². The highest BCUT2D eigenvalue weighted by Gasteiger charge is 2.26. The Morgan fingerprint density at radius 2 is 1.75 bits per heavy atom. The van der Waals surface area contributed by atoms with Crippen LogP contribution in [0.3, 0.4) is 0 Å². The van der Waals surface area contributed by atoms with Gasteiger partial charge in [-0.1, -0.05) is 42.5 Å². The molecule has 2 aromatic carbocycles. The minimum Gasteiger partial charge on any atom is -0.497 e. The molecule has 1 fully saturated rings. The number of carbonyl (C=O) groups excluding carboxylic acids is 2. The van der Waals surface area contributed by atoms with Gasteiger partial charge in [0.15, 0.2) is 0 Å². The molecule has 5 heteroatoms. The van der Waals surface area contributed by atoms with Crippen molar-refractivity contribution < 1.29 is 14.3 Å². The van der Waals surface area contributed by atoms with Crippen LogP contribution >= 0.6 is 0 Å². The van der Waals surface area contributed by atoms with Crippen LogP contribution < -0.4 is 10.1 Å². The van der Waals surface area contributed by atoms with Gasteiger partial charge in [0.1, 0.15) is 5.75 Å². The van der Waals surface area contributed by atoms with Crippen LogP contribution in [0.25, 0.3) is 6.08 Å². The van der Waals surface area contributed by atoms with E-state index in [0.717, 1.165) is 16.9 Å². The quantitative estimate of drug-likeness (QED) is 0.785. The molecule has 5 nitrogen and oxygen atoms in total. The first-order valence-corrected chi connectivity index (χ1v) is 9.58. The van der Waals surface area contributed by atoms with Gasteiger partial charge in [0.2, 0.25) is 11.8 Å². The summed E-state index contributed by atoms with van der Waals surface area (Å²) >= 11 is 0. The van der Waals surface area contributed by atoms with E-state index >= 15 is 0 Å². The standard InChI is InChI=1S/C23H26N2O3/c1-28-21-10-7-18(8-11-21)9-12-22(26)25-15-13-20(14-16-25)23(27)24-17-19-5-3-2-4-6-19/h2-12,20H,13-17H2,1H3,(H,24,27). The van der Waals surface area contributed by atoms with Crippen molar-refractivity contribution in [1.29, 1.82) is 0 Å². The van der Waals surface area contributed by atoms with Crippen LogP contribution in [-0.2, 0) is 16.1 Å². The molecular formula is C23H26N2O3. The molecule has 1 aliphatic rings. The van der Waals surface area contributed by atoms with Crippen LogP contribution in [0.1, 0.15) is 24.0 Å². The van der Waals surface area contributed by atoms with Crippen LogP contribution in [0.15, 0.2) is 60.7 Å². The lowest BCUT2D eigenvalue weighted by Gasteiger charge is -2.30. The number of hydrogen-bond donors (Lipinski definition) is 1. The number of amides is 2. The first kappa shape index (κ1) is 19.7. The maximum atomic E-state index is 12.4. The Morgan fingerprint density at radius 1 is 1.07 bits per heavy atom. The zero-order valence-corrected chi connectivity index (χ0v) is 16.1. The van der Waals surface area contributed by atoms with E-state index in [-0.39, 0.29) is 17.7 Å². The predicted molar refractivity (Wildman–Crippen MR) is 110 cm³/mol. The molecule has 0 unspecified atom stereocenters. The summed E-state index contributed by atoms with van der Waals surface area (Å²) in [5, 5.41) is 3.00. The molecule has 0 bridgehead atoms. The monoisotopic (exact) mass is 378 g/mol. The number of rotatable bonds is 6. The number of nitrogens with one attached hydrogen (secondary N) is 1. The molecule has 28 heavy (non-hydrogen) atoms. The SMILES string of the molecule is COc1ccc(C=CC(=O)N2CCC(C(=O)NCc3ccccc3)CC2)cc1. The van der Waals surface area contributed by atoms with Crippen molar-refractivity contribution in [2.45, 2.75) is 19.4 Å². The highest BCUT2D eigenvalue weighted by Crippen LogP contribution is 2.18. The third kappa shape index (κ3) is 5.46. The van der Waals surface area contributed by atoms with Gasteiger partial charge in [-0.25, -0.2) is 0 Å². The maximum absolute atomic E-state index is 12.4. The Kier molecular flexibility index (Phi) is 6.84. The van der Waals surface area contributed by atoms with Crippen LogP contribution in [0.2, 0.25) is 0 Å². The van der Waals surface area contributed by atoms with Gasteiger partial charge < -0.3 is 15.0 Å². The number of nitrogens with zero attached hydrogens (tertiary/aromatic N) is 1. The summed E-state index contributed by atoms with van der Waals surface area (Å²) in [5.74, 6) is 0.818. The van der Waals surface area contributed by atoms with Crippen molar-refractivity contribution in [1.82, 2.24) is 10.2 Å². The average Bonchev–Trinajstić information content (AvgIpc) is 2.77. The van der Waals surface area contributed by atoms with E-state index in [4.69, 9.17) is 4.74 Å². The van der Waals surface area contributed by atoms with Crippen LogP contribution in [-0.4, -0.2) is 36.9 Å². The van der Waals surface area contributed by atoms with Gasteiger partial charge >= 0.3 is 0 Å². The fourth-order valence-corrected chi connectivity index (χ4v) is 3.28. The molecule has 3 rings (SSSR count). The molecular weight excluding hydrogens is 352 g/mol. The van der Waals surface area contributed by atoms with Crippen molar-refractivity contribution in [3.63, 3.8) is 0 Å². The minimum absolute atomic E-state index is 0.0149. The molecule has 1 aliphatic heterocycles. The van der Waals surface area contributed by atoms with E-state index in [1.165, 1.54) is 0 Å². The molecule has 0 atom stereocenters. The average molecular weight is 378 g/mol. The predicted octanol–water partition coefficient (Wildman–Crippen LogP) is 3.26. The number of carbonyl (C=O) groups is 2. The second-order valence-corrected chi connectivity index (χ2v) is 6.91. The summed E-state index contributed by atoms with van der Waals surface area (Å²) in [5.41, 5.74) is 2.04. The third-order valence-electron chi connectivity index (χ3n) is 5.02. The van der Waals surface area contributed by atoms with E-state index in [1.807, 2.05) is 54.6 Å². The minimum atomic E-state index is -0.0293. The number of likely N-dealkylation sites (tertiary alicyclic amines) is 1. The Morgan fingerprint density at radius 3 is 2.39 bits per heavy atom. The molecule has 0 aliphatic carbocycles. The highest BCUT2D eigenvalue weighted by molar-refractivity contribution is 5.92. The summed E-state index contributed by atoms with van der Waals surface area (Å²) in [6.45, 7) is 1.76. The Bertz CT molecular complexity index is 808. The van der Waals surface area contributed by atoms with Gasteiger partial charge in [0.25, 0.3) is 0 Å². The second-order valence-electron chi connectivity index (χ2n) is 6.91. The molecule has 146 valence electrons. The smallest absolute Gasteiger partial charge is 0.246 e. The lowest BCUT2D eigenvalue weighted by molar-refractivity contribution is -0.132. The highest BCUT2D eigenvalue weighted by atomic mass is 16.5. The molecule has 0 aromatic heterocycles. The zero-order chi connectivity index (χ0) is 19.8. The van der Waals surface area contributed by atoms with Gasteiger partial charge in [0, 0.05) is 31.6 Å². The van der Waals surface area contributed by atoms with Crippen molar-refractivity contribution >= 4 is 17.9 Å². The third-order valence-corrected chi connectivity index (χ3v) is 5.02. The lowest BCUT2D eigenvalue weighted by Crippen LogP contribution is -2.42. The molecule has 0 spiro atoms. The Hall–Kier alpha value is -3.08. The fourth-order valence-electron chi connectivity index (χ4n) is 3.28. The maximum Gasteiger partial charge on any atom is 0.246 e. The van der Waals surface area contributed by atoms with Gasteiger partial charge in [-0.05, 0) is 42.2 Å². The van der Waals surface area contributed by atoms with E-state index in [2.05, 4.69) is 5.32 Å². The topological polar surface area (TPSA) is 58.6 Å². The molecule has 1 saturated heterocycles. The van der Waals surface area contributed by atoms with Crippen molar-refractivity contribution in [3.8, 4) is 5.75 Å². The number of hydrogen-bond acceptors (Lipinski definition) is 3. The molecule has 2 amide bonds. The van der Waals surface area contributed by atoms with Crippen molar-refractivity contribution in [2.75, 3.05) is 20.2 Å². The molecule has 2 aromatic rings. The van der Waals surface area contributed by atoms with Crippen molar-refractivity contribution in [3.05, 3.63) is 71.8 Å². The van der Waals surface area contributed by atoms with Gasteiger partial charge in [-0.15, -0.1) is 0 Å². The van der Waals surface area contributed by atoms with Gasteiger partial charge in [-0.3, -0.25) is 9.59 Å². The van der Waals surface area contributed by atoms with Crippen LogP contribution in [0, 0.1) is 5.92 Å². The summed E-state index contributed by atoms with van der Waals surface area (Å²) in [4.78, 5) is 26.6. The summed E-state index contributed by atoms with van der Waals surface area (Å²) in [6.07, 6.45) is 4.80. The van der Waals surface area contributed by atoms with E-state index in [9.17, 15) is 9.59 Å². The number of ether oxygens (including phenoxy) is 1. The Labute approximate surface area is 166 Å². The fraction of sp³-hybridized carbons (Fsp3) is 0.304. The number of piperidine rings is 1. The largest absolute Gasteiger partial charge is 0.497 e. The van der Waals surface area contributed by atoms with Crippen LogP contribution in [0.4, 0.5) is 0 Å². The lowest BCUT2D eigenvalue weighted by atomic mass is 9.95. The summed E-state index contributed by atoms with van der Waals surface area (Å²) in [6, 6.07) is 17.4. The van der Waals surface area contributed by atoms with E-state index in [1.54, 1.807) is 24.2 Å². The van der Waals surface area contributed by atoms with Gasteiger partial charge in [-0.2, -0.15) is 0 Å². The molecule has 1 heterocycles. The Balaban J connectivity index is 1.44. The van der Waals surface area contributed by atoms with Crippen molar-refractivity contribution in [2.24, 2.45) is 5.92 Å². The summed E-state index contributed by atoms with van der Waals surface area (Å²) in [7, 11) is 1.62. The summed E-state index contributed by atoms with van der Waals surface area (Å²) < 4.78 is 5.13. The molecule has 1 N–H and O–H groups in total. The first-order valence-electron chi connectivity index (χ1n) is 9.58. The number of benzene rings is 2. The van der Waals surface area contributed by atoms with E-state index in [0.29, 0.717) is 32.5 Å². The van der Waals surface area contributed by atoms with Crippen LogP contribution in [0.5, 0.6) is 5.75 Å². The molecule has 0 radical (unpaired) electrons. The zero-order valence-electron chi connectivity index (χ0n) is 16.1. The normalized spacial score (nSPS) is 14.8. The first-order chi connectivity index (χ1) is 13.7. The number of methoxy groups -OCH3 is 1. The second kappa shape index (κ2) is 9.74.